The summed E-state index contributed by atoms with van der Waals surface area (Å²) >= 11 is 3.40. The first-order valence-electron chi connectivity index (χ1n) is 6.01. The van der Waals surface area contributed by atoms with E-state index in [-0.39, 0.29) is 6.04 Å². The molecule has 1 aromatic heterocycles. The first kappa shape index (κ1) is 13.2. The maximum Gasteiger partial charge on any atom is 0.231 e. The van der Waals surface area contributed by atoms with E-state index in [1.807, 2.05) is 24.3 Å². The van der Waals surface area contributed by atoms with Gasteiger partial charge in [0, 0.05) is 4.47 Å². The molecule has 0 fully saturated rings. The molecule has 0 radical (unpaired) electrons. The lowest BCUT2D eigenvalue weighted by atomic mass is 10.1. The van der Waals surface area contributed by atoms with E-state index in [2.05, 4.69) is 33.0 Å². The van der Waals surface area contributed by atoms with Crippen LogP contribution < -0.4 is 5.73 Å². The Morgan fingerprint density at radius 2 is 2.06 bits per heavy atom. The zero-order valence-corrected chi connectivity index (χ0v) is 11.9. The Morgan fingerprint density at radius 1 is 1.33 bits per heavy atom. The summed E-state index contributed by atoms with van der Waals surface area (Å²) in [5.41, 5.74) is 7.08. The summed E-state index contributed by atoms with van der Waals surface area (Å²) in [6.07, 6.45) is 2.52. The highest BCUT2D eigenvalue weighted by Gasteiger charge is 2.13. The summed E-state index contributed by atoms with van der Waals surface area (Å²) in [6.45, 7) is 2.09. The van der Waals surface area contributed by atoms with Crippen LogP contribution in [-0.4, -0.2) is 10.1 Å². The summed E-state index contributed by atoms with van der Waals surface area (Å²) in [5.74, 6) is 1.21. The molecule has 0 aliphatic heterocycles. The Labute approximate surface area is 115 Å². The van der Waals surface area contributed by atoms with Gasteiger partial charge in [0.05, 0.1) is 12.5 Å². The lowest BCUT2D eigenvalue weighted by Crippen LogP contribution is -2.11. The van der Waals surface area contributed by atoms with Gasteiger partial charge in [-0.1, -0.05) is 46.6 Å². The van der Waals surface area contributed by atoms with Crippen molar-refractivity contribution in [3.63, 3.8) is 0 Å². The van der Waals surface area contributed by atoms with E-state index in [9.17, 15) is 0 Å². The van der Waals surface area contributed by atoms with Gasteiger partial charge in [0.15, 0.2) is 5.82 Å². The minimum absolute atomic E-state index is 0.127. The van der Waals surface area contributed by atoms with Gasteiger partial charge in [-0.25, -0.2) is 0 Å². The van der Waals surface area contributed by atoms with Crippen molar-refractivity contribution >= 4 is 15.9 Å². The molecule has 0 saturated carbocycles. The zero-order valence-electron chi connectivity index (χ0n) is 10.3. The molecule has 0 spiro atoms. The molecule has 2 aromatic rings. The molecule has 2 rings (SSSR count). The molecular formula is C13H16BrN3O. The normalized spacial score (nSPS) is 12.6. The molecule has 0 bridgehead atoms. The summed E-state index contributed by atoms with van der Waals surface area (Å²) in [4.78, 5) is 4.33. The predicted molar refractivity (Wildman–Crippen MR) is 73.1 cm³/mol. The number of hydrogen-bond donors (Lipinski definition) is 1. The molecule has 5 heteroatoms. The standard InChI is InChI=1S/C13H16BrN3O/c1-2-3-11(15)13-16-12(18-17-13)8-9-4-6-10(14)7-5-9/h4-7,11H,2-3,8,15H2,1H3. The Morgan fingerprint density at radius 3 is 2.72 bits per heavy atom. The van der Waals surface area contributed by atoms with E-state index in [0.29, 0.717) is 18.1 Å². The maximum absolute atomic E-state index is 5.94. The topological polar surface area (TPSA) is 64.9 Å². The molecule has 1 atom stereocenters. The molecule has 2 N–H and O–H groups in total. The van der Waals surface area contributed by atoms with Gasteiger partial charge in [-0.2, -0.15) is 4.98 Å². The van der Waals surface area contributed by atoms with E-state index >= 15 is 0 Å². The molecule has 0 aliphatic rings. The Balaban J connectivity index is 2.04. The number of halogens is 1. The third-order valence-corrected chi connectivity index (χ3v) is 3.21. The Hall–Kier alpha value is -1.20. The average molecular weight is 310 g/mol. The molecule has 1 aromatic carbocycles. The van der Waals surface area contributed by atoms with Crippen LogP contribution in [0.25, 0.3) is 0 Å². The highest BCUT2D eigenvalue weighted by atomic mass is 79.9. The molecule has 0 amide bonds. The lowest BCUT2D eigenvalue weighted by molar-refractivity contribution is 0.374. The van der Waals surface area contributed by atoms with Crippen LogP contribution in [0.4, 0.5) is 0 Å². The van der Waals surface area contributed by atoms with Crippen molar-refractivity contribution in [3.05, 3.63) is 46.0 Å². The number of nitrogens with two attached hydrogens (primary N) is 1. The predicted octanol–water partition coefficient (Wildman–Crippen LogP) is 3.22. The van der Waals surface area contributed by atoms with Crippen LogP contribution in [0.15, 0.2) is 33.3 Å². The minimum atomic E-state index is -0.127. The van der Waals surface area contributed by atoms with Crippen molar-refractivity contribution in [3.8, 4) is 0 Å². The van der Waals surface area contributed by atoms with Crippen LogP contribution in [0.5, 0.6) is 0 Å². The fourth-order valence-corrected chi connectivity index (χ4v) is 1.97. The number of nitrogens with zero attached hydrogens (tertiary/aromatic N) is 2. The highest BCUT2D eigenvalue weighted by Crippen LogP contribution is 2.16. The first-order chi connectivity index (χ1) is 8.69. The third kappa shape index (κ3) is 3.40. The summed E-state index contributed by atoms with van der Waals surface area (Å²) in [6, 6.07) is 7.92. The molecule has 1 heterocycles. The second-order valence-corrected chi connectivity index (χ2v) is 5.16. The molecule has 18 heavy (non-hydrogen) atoms. The average Bonchev–Trinajstić information content (AvgIpc) is 2.81. The number of benzene rings is 1. The van der Waals surface area contributed by atoms with Gasteiger partial charge >= 0.3 is 0 Å². The second-order valence-electron chi connectivity index (χ2n) is 4.24. The largest absolute Gasteiger partial charge is 0.339 e. The van der Waals surface area contributed by atoms with Crippen molar-refractivity contribution in [1.82, 2.24) is 10.1 Å². The van der Waals surface area contributed by atoms with Gasteiger partial charge in [0.1, 0.15) is 0 Å². The fourth-order valence-electron chi connectivity index (χ4n) is 1.71. The van der Waals surface area contributed by atoms with Crippen molar-refractivity contribution in [2.24, 2.45) is 5.73 Å². The highest BCUT2D eigenvalue weighted by molar-refractivity contribution is 9.10. The molecule has 4 nitrogen and oxygen atoms in total. The minimum Gasteiger partial charge on any atom is -0.339 e. The van der Waals surface area contributed by atoms with E-state index in [1.165, 1.54) is 0 Å². The van der Waals surface area contributed by atoms with Gasteiger partial charge in [-0.3, -0.25) is 0 Å². The van der Waals surface area contributed by atoms with Crippen LogP contribution in [0.2, 0.25) is 0 Å². The van der Waals surface area contributed by atoms with E-state index in [1.54, 1.807) is 0 Å². The lowest BCUT2D eigenvalue weighted by Gasteiger charge is -2.02. The smallest absolute Gasteiger partial charge is 0.231 e. The van der Waals surface area contributed by atoms with E-state index in [0.717, 1.165) is 22.9 Å². The van der Waals surface area contributed by atoms with Crippen LogP contribution in [0.1, 0.15) is 43.1 Å². The molecule has 96 valence electrons. The van der Waals surface area contributed by atoms with Gasteiger partial charge < -0.3 is 10.3 Å². The van der Waals surface area contributed by atoms with Crippen molar-refractivity contribution in [2.45, 2.75) is 32.2 Å². The second kappa shape index (κ2) is 6.11. The summed E-state index contributed by atoms with van der Waals surface area (Å²) in [7, 11) is 0. The molecule has 1 unspecified atom stereocenters. The monoisotopic (exact) mass is 309 g/mol. The first-order valence-corrected chi connectivity index (χ1v) is 6.81. The molecular weight excluding hydrogens is 294 g/mol. The summed E-state index contributed by atoms with van der Waals surface area (Å²) < 4.78 is 6.27. The van der Waals surface area contributed by atoms with Crippen LogP contribution >= 0.6 is 15.9 Å². The van der Waals surface area contributed by atoms with Gasteiger partial charge in [-0.05, 0) is 24.1 Å². The van der Waals surface area contributed by atoms with E-state index < -0.39 is 0 Å². The van der Waals surface area contributed by atoms with Gasteiger partial charge in [-0.15, -0.1) is 0 Å². The fraction of sp³-hybridized carbons (Fsp3) is 0.385. The SMILES string of the molecule is CCCC(N)c1noc(Cc2ccc(Br)cc2)n1. The Kier molecular flexibility index (Phi) is 4.49. The number of hydrogen-bond acceptors (Lipinski definition) is 4. The van der Waals surface area contributed by atoms with Crippen LogP contribution in [0.3, 0.4) is 0 Å². The van der Waals surface area contributed by atoms with Crippen molar-refractivity contribution in [1.29, 1.82) is 0 Å². The molecule has 0 saturated heterocycles. The molecule has 0 aliphatic carbocycles. The Bertz CT molecular complexity index is 495. The third-order valence-electron chi connectivity index (χ3n) is 2.68. The summed E-state index contributed by atoms with van der Waals surface area (Å²) in [5, 5.41) is 3.93. The quantitative estimate of drug-likeness (QED) is 0.921. The van der Waals surface area contributed by atoms with Crippen LogP contribution in [-0.2, 0) is 6.42 Å². The van der Waals surface area contributed by atoms with Crippen molar-refractivity contribution in [2.75, 3.05) is 0 Å². The zero-order chi connectivity index (χ0) is 13.0. The van der Waals surface area contributed by atoms with Crippen molar-refractivity contribution < 1.29 is 4.52 Å². The number of aromatic nitrogens is 2. The van der Waals surface area contributed by atoms with E-state index in [4.69, 9.17) is 10.3 Å². The van der Waals surface area contributed by atoms with Gasteiger partial charge in [0.2, 0.25) is 5.89 Å². The number of rotatable bonds is 5. The maximum atomic E-state index is 5.94. The van der Waals surface area contributed by atoms with Gasteiger partial charge in [0.25, 0.3) is 0 Å². The van der Waals surface area contributed by atoms with Crippen LogP contribution in [0, 0.1) is 0 Å².